The molecule has 0 radical (unpaired) electrons. The molecule has 26 heavy (non-hydrogen) atoms. The van der Waals surface area contributed by atoms with E-state index in [0.29, 0.717) is 24.1 Å². The summed E-state index contributed by atoms with van der Waals surface area (Å²) in [4.78, 5) is 4.89. The van der Waals surface area contributed by atoms with E-state index in [1.54, 1.807) is 0 Å². The summed E-state index contributed by atoms with van der Waals surface area (Å²) in [7, 11) is 0. The molecule has 0 spiro atoms. The maximum atomic E-state index is 13.5. The van der Waals surface area contributed by atoms with Gasteiger partial charge in [0, 0.05) is 50.4 Å². The molecule has 0 N–H and O–H groups in total. The molecule has 4 nitrogen and oxygen atoms in total. The number of hydrogen-bond acceptors (Lipinski definition) is 4. The smallest absolute Gasteiger partial charge is 0.138 e. The minimum Gasteiger partial charge on any atom is -0.361 e. The number of aryl methyl sites for hydroxylation is 2. The molecule has 3 aliphatic heterocycles. The molecule has 3 saturated heterocycles. The average molecular weight is 361 g/mol. The first-order valence-electron chi connectivity index (χ1n) is 9.31. The van der Waals surface area contributed by atoms with E-state index < -0.39 is 11.6 Å². The number of rotatable bonds is 4. The number of benzene rings is 1. The van der Waals surface area contributed by atoms with Crippen LogP contribution >= 0.6 is 0 Å². The number of nitrogens with zero attached hydrogens (tertiary/aromatic N) is 3. The zero-order valence-electron chi connectivity index (χ0n) is 15.3. The van der Waals surface area contributed by atoms with E-state index >= 15 is 0 Å². The van der Waals surface area contributed by atoms with E-state index in [4.69, 9.17) is 4.52 Å². The Morgan fingerprint density at radius 1 is 1.04 bits per heavy atom. The van der Waals surface area contributed by atoms with Gasteiger partial charge in [-0.05, 0) is 50.3 Å². The van der Waals surface area contributed by atoms with Gasteiger partial charge >= 0.3 is 0 Å². The molecule has 3 fully saturated rings. The fourth-order valence-electron chi connectivity index (χ4n) is 4.49. The molecule has 0 amide bonds. The first-order valence-corrected chi connectivity index (χ1v) is 9.31. The highest BCUT2D eigenvalue weighted by molar-refractivity contribution is 5.21. The fraction of sp³-hybridized carbons (Fsp3) is 0.550. The maximum Gasteiger partial charge on any atom is 0.138 e. The van der Waals surface area contributed by atoms with Crippen LogP contribution in [0.5, 0.6) is 0 Å². The summed E-state index contributed by atoms with van der Waals surface area (Å²) in [5.41, 5.74) is 2.86. The van der Waals surface area contributed by atoms with Gasteiger partial charge in [-0.15, -0.1) is 0 Å². The highest BCUT2D eigenvalue weighted by Gasteiger charge is 2.35. The molecule has 4 heterocycles. The van der Waals surface area contributed by atoms with E-state index in [9.17, 15) is 8.78 Å². The summed E-state index contributed by atoms with van der Waals surface area (Å²) in [5.74, 6) is 0.485. The molecule has 6 heteroatoms. The van der Waals surface area contributed by atoms with E-state index in [1.807, 2.05) is 13.8 Å². The van der Waals surface area contributed by atoms with Crippen LogP contribution in [-0.2, 0) is 13.1 Å². The van der Waals surface area contributed by atoms with Gasteiger partial charge in [-0.25, -0.2) is 8.78 Å². The summed E-state index contributed by atoms with van der Waals surface area (Å²) >= 11 is 0. The quantitative estimate of drug-likeness (QED) is 0.832. The van der Waals surface area contributed by atoms with Gasteiger partial charge in [0.05, 0.1) is 5.69 Å². The van der Waals surface area contributed by atoms with Crippen molar-refractivity contribution in [2.24, 2.45) is 5.92 Å². The molecule has 2 atom stereocenters. The lowest BCUT2D eigenvalue weighted by atomic mass is 9.94. The van der Waals surface area contributed by atoms with Crippen LogP contribution in [0.2, 0.25) is 0 Å². The van der Waals surface area contributed by atoms with E-state index in [1.165, 1.54) is 24.1 Å². The second-order valence-electron chi connectivity index (χ2n) is 7.80. The first kappa shape index (κ1) is 17.6. The lowest BCUT2D eigenvalue weighted by Gasteiger charge is -2.36. The molecule has 0 aliphatic carbocycles. The van der Waals surface area contributed by atoms with Gasteiger partial charge in [0.25, 0.3) is 0 Å². The van der Waals surface area contributed by atoms with Crippen LogP contribution in [0.1, 0.15) is 35.4 Å². The first-order chi connectivity index (χ1) is 12.5. The minimum atomic E-state index is -0.500. The number of halogens is 2. The van der Waals surface area contributed by atoms with Crippen molar-refractivity contribution in [2.45, 2.75) is 45.8 Å². The molecule has 3 aliphatic rings. The number of hydrogen-bond donors (Lipinski definition) is 0. The molecule has 140 valence electrons. The van der Waals surface area contributed by atoms with Crippen molar-refractivity contribution in [1.29, 1.82) is 0 Å². The highest BCUT2D eigenvalue weighted by atomic mass is 19.1. The summed E-state index contributed by atoms with van der Waals surface area (Å²) in [5, 5.41) is 4.06. The number of fused-ring (bicyclic) bond motifs is 4. The predicted octanol–water partition coefficient (Wildman–Crippen LogP) is 3.67. The fourth-order valence-corrected chi connectivity index (χ4v) is 4.49. The molecule has 0 saturated carbocycles. The second kappa shape index (κ2) is 7.08. The highest BCUT2D eigenvalue weighted by Crippen LogP contribution is 2.30. The summed E-state index contributed by atoms with van der Waals surface area (Å²) in [6.07, 6.45) is 2.36. The van der Waals surface area contributed by atoms with Crippen LogP contribution in [0.15, 0.2) is 22.7 Å². The standard InChI is InChI=1S/C20H25F2N3O/c1-13-20(14(2)26-23-13)12-24-8-15-3-4-19(11-24)25(9-15)10-16-5-17(21)7-18(22)6-16/h5-7,15,19H,3-4,8-12H2,1-2H3/t15-,19+/m1/s1. The molecular weight excluding hydrogens is 336 g/mol. The second-order valence-corrected chi connectivity index (χ2v) is 7.80. The Labute approximate surface area is 152 Å². The van der Waals surface area contributed by atoms with E-state index in [2.05, 4.69) is 15.0 Å². The Hall–Kier alpha value is -1.79. The molecule has 1 aromatic heterocycles. The van der Waals surface area contributed by atoms with Crippen molar-refractivity contribution in [3.63, 3.8) is 0 Å². The van der Waals surface area contributed by atoms with Crippen LogP contribution < -0.4 is 0 Å². The van der Waals surface area contributed by atoms with Gasteiger partial charge in [-0.2, -0.15) is 0 Å². The molecule has 5 rings (SSSR count). The Morgan fingerprint density at radius 3 is 2.50 bits per heavy atom. The van der Waals surface area contributed by atoms with Crippen molar-refractivity contribution < 1.29 is 13.3 Å². The van der Waals surface area contributed by atoms with Crippen LogP contribution in [0.3, 0.4) is 0 Å². The molecule has 2 bridgehead atoms. The van der Waals surface area contributed by atoms with Gasteiger partial charge in [0.1, 0.15) is 17.4 Å². The van der Waals surface area contributed by atoms with Crippen LogP contribution in [0.4, 0.5) is 8.78 Å². The summed E-state index contributed by atoms with van der Waals surface area (Å²) < 4.78 is 32.3. The van der Waals surface area contributed by atoms with Crippen molar-refractivity contribution >= 4 is 0 Å². The Bertz CT molecular complexity index is 752. The Balaban J connectivity index is 1.48. The van der Waals surface area contributed by atoms with Crippen molar-refractivity contribution in [3.05, 3.63) is 52.4 Å². The number of piperidine rings is 1. The summed E-state index contributed by atoms with van der Waals surface area (Å²) in [6, 6.07) is 4.25. The van der Waals surface area contributed by atoms with Crippen molar-refractivity contribution in [3.8, 4) is 0 Å². The molecular formula is C20H25F2N3O. The minimum absolute atomic E-state index is 0.417. The third kappa shape index (κ3) is 3.67. The average Bonchev–Trinajstić information content (AvgIpc) is 2.75. The molecule has 2 aromatic rings. The van der Waals surface area contributed by atoms with E-state index in [-0.39, 0.29) is 0 Å². The lowest BCUT2D eigenvalue weighted by Crippen LogP contribution is -2.43. The van der Waals surface area contributed by atoms with Gasteiger partial charge < -0.3 is 4.52 Å². The van der Waals surface area contributed by atoms with Gasteiger partial charge in [0.15, 0.2) is 0 Å². The zero-order chi connectivity index (χ0) is 18.3. The normalized spacial score (nSPS) is 24.2. The topological polar surface area (TPSA) is 32.5 Å². The largest absolute Gasteiger partial charge is 0.361 e. The Kier molecular flexibility index (Phi) is 4.80. The van der Waals surface area contributed by atoms with Crippen LogP contribution in [0, 0.1) is 31.4 Å². The van der Waals surface area contributed by atoms with Crippen LogP contribution in [-0.4, -0.2) is 40.6 Å². The third-order valence-corrected chi connectivity index (χ3v) is 5.77. The lowest BCUT2D eigenvalue weighted by molar-refractivity contribution is 0.123. The molecule has 0 unspecified atom stereocenters. The summed E-state index contributed by atoms with van der Waals surface area (Å²) in [6.45, 7) is 8.43. The van der Waals surface area contributed by atoms with Crippen molar-refractivity contribution in [2.75, 3.05) is 19.6 Å². The number of aromatic nitrogens is 1. The van der Waals surface area contributed by atoms with Gasteiger partial charge in [0.2, 0.25) is 0 Å². The zero-order valence-corrected chi connectivity index (χ0v) is 15.3. The van der Waals surface area contributed by atoms with Gasteiger partial charge in [-0.1, -0.05) is 5.16 Å². The third-order valence-electron chi connectivity index (χ3n) is 5.77. The van der Waals surface area contributed by atoms with Gasteiger partial charge in [-0.3, -0.25) is 9.80 Å². The monoisotopic (exact) mass is 361 g/mol. The Morgan fingerprint density at radius 2 is 1.81 bits per heavy atom. The molecule has 1 aromatic carbocycles. The SMILES string of the molecule is Cc1noc(C)c1CN1C[C@H]2CC[C@@H](C1)N(Cc1cc(F)cc(F)c1)C2. The predicted molar refractivity (Wildman–Crippen MR) is 94.5 cm³/mol. The van der Waals surface area contributed by atoms with Crippen LogP contribution in [0.25, 0.3) is 0 Å². The maximum absolute atomic E-state index is 13.5. The van der Waals surface area contributed by atoms with Crippen molar-refractivity contribution in [1.82, 2.24) is 15.0 Å². The van der Waals surface area contributed by atoms with E-state index in [0.717, 1.165) is 50.1 Å².